The molecule has 186 valence electrons. The van der Waals surface area contributed by atoms with Gasteiger partial charge in [-0.2, -0.15) is 0 Å². The van der Waals surface area contributed by atoms with E-state index in [1.54, 1.807) is 31.2 Å². The van der Waals surface area contributed by atoms with E-state index in [-0.39, 0.29) is 12.1 Å². The monoisotopic (exact) mass is 527 g/mol. The number of furan rings is 1. The first-order valence-corrected chi connectivity index (χ1v) is 11.7. The first-order chi connectivity index (χ1) is 17.4. The standard InChI is InChI=1S/C24H23Cl2N7O3/c1-13-31-22(29-9-7-27)21(23(32-13)33-19-6-8-28-12-17(19)24(34)35)30-11-15-3-5-20(36-15)16-10-14(25)2-4-18(16)26/h2-6,8,10,12,30H,7,9,11,27H2,1H3,(H,34,35)(H2,28,29,31,32,33). The van der Waals surface area contributed by atoms with Crippen LogP contribution in [0.5, 0.6) is 0 Å². The van der Waals surface area contributed by atoms with Crippen LogP contribution in [0.2, 0.25) is 10.0 Å². The number of aromatic carboxylic acids is 1. The summed E-state index contributed by atoms with van der Waals surface area (Å²) < 4.78 is 5.99. The van der Waals surface area contributed by atoms with E-state index >= 15 is 0 Å². The Labute approximate surface area is 216 Å². The van der Waals surface area contributed by atoms with E-state index in [9.17, 15) is 9.90 Å². The number of carboxylic acids is 1. The van der Waals surface area contributed by atoms with Gasteiger partial charge in [0.15, 0.2) is 11.6 Å². The zero-order valence-corrected chi connectivity index (χ0v) is 20.7. The van der Waals surface area contributed by atoms with E-state index in [2.05, 4.69) is 30.9 Å². The molecular weight excluding hydrogens is 505 g/mol. The zero-order chi connectivity index (χ0) is 25.7. The topological polar surface area (TPSA) is 151 Å². The van der Waals surface area contributed by atoms with Crippen LogP contribution in [0.3, 0.4) is 0 Å². The summed E-state index contributed by atoms with van der Waals surface area (Å²) in [5, 5.41) is 20.2. The molecule has 4 aromatic rings. The summed E-state index contributed by atoms with van der Waals surface area (Å²) in [5.74, 6) is 1.43. The number of nitrogens with zero attached hydrogens (tertiary/aromatic N) is 3. The molecule has 0 atom stereocenters. The average molecular weight is 528 g/mol. The van der Waals surface area contributed by atoms with Crippen LogP contribution in [0.1, 0.15) is 21.9 Å². The summed E-state index contributed by atoms with van der Waals surface area (Å²) in [4.78, 5) is 24.5. The van der Waals surface area contributed by atoms with Gasteiger partial charge in [-0.05, 0) is 43.3 Å². The van der Waals surface area contributed by atoms with Gasteiger partial charge in [0.05, 0.1) is 17.3 Å². The highest BCUT2D eigenvalue weighted by Crippen LogP contribution is 2.34. The number of anilines is 4. The maximum atomic E-state index is 11.7. The minimum Gasteiger partial charge on any atom is -0.478 e. The van der Waals surface area contributed by atoms with Crippen LogP contribution >= 0.6 is 23.2 Å². The first kappa shape index (κ1) is 25.2. The summed E-state index contributed by atoms with van der Waals surface area (Å²) in [7, 11) is 0. The molecule has 0 spiro atoms. The highest BCUT2D eigenvalue weighted by atomic mass is 35.5. The van der Waals surface area contributed by atoms with Crippen molar-refractivity contribution in [1.29, 1.82) is 0 Å². The van der Waals surface area contributed by atoms with Crippen molar-refractivity contribution >= 4 is 52.2 Å². The number of halogens is 2. The molecule has 6 N–H and O–H groups in total. The van der Waals surface area contributed by atoms with E-state index < -0.39 is 5.97 Å². The van der Waals surface area contributed by atoms with Crippen molar-refractivity contribution in [3.8, 4) is 11.3 Å². The minimum absolute atomic E-state index is 0.00487. The first-order valence-electron chi connectivity index (χ1n) is 10.9. The number of pyridine rings is 1. The lowest BCUT2D eigenvalue weighted by Crippen LogP contribution is -2.17. The average Bonchev–Trinajstić information content (AvgIpc) is 3.32. The molecule has 0 saturated carbocycles. The fourth-order valence-corrected chi connectivity index (χ4v) is 3.81. The van der Waals surface area contributed by atoms with Crippen LogP contribution < -0.4 is 21.7 Å². The van der Waals surface area contributed by atoms with Gasteiger partial charge in [0.25, 0.3) is 0 Å². The maximum Gasteiger partial charge on any atom is 0.339 e. The molecule has 0 aliphatic heterocycles. The highest BCUT2D eigenvalue weighted by Gasteiger charge is 2.18. The van der Waals surface area contributed by atoms with Gasteiger partial charge in [0, 0.05) is 36.1 Å². The number of nitrogens with two attached hydrogens (primary N) is 1. The summed E-state index contributed by atoms with van der Waals surface area (Å²) in [6.45, 7) is 2.87. The third-order valence-electron chi connectivity index (χ3n) is 5.06. The molecule has 0 radical (unpaired) electrons. The van der Waals surface area contributed by atoms with Crippen molar-refractivity contribution in [2.75, 3.05) is 29.0 Å². The molecule has 1 aromatic carbocycles. The van der Waals surface area contributed by atoms with Crippen LogP contribution in [-0.4, -0.2) is 39.1 Å². The number of carbonyl (C=O) groups is 1. The van der Waals surface area contributed by atoms with Crippen LogP contribution in [-0.2, 0) is 6.54 Å². The molecule has 10 nitrogen and oxygen atoms in total. The van der Waals surface area contributed by atoms with Gasteiger partial charge in [0.2, 0.25) is 0 Å². The van der Waals surface area contributed by atoms with E-state index in [1.165, 1.54) is 12.4 Å². The third-order valence-corrected chi connectivity index (χ3v) is 5.62. The maximum absolute atomic E-state index is 11.7. The molecule has 0 bridgehead atoms. The molecule has 0 fully saturated rings. The van der Waals surface area contributed by atoms with Crippen molar-refractivity contribution in [3.63, 3.8) is 0 Å². The van der Waals surface area contributed by atoms with Crippen molar-refractivity contribution in [1.82, 2.24) is 15.0 Å². The molecule has 36 heavy (non-hydrogen) atoms. The molecule has 0 unspecified atom stereocenters. The Kier molecular flexibility index (Phi) is 7.89. The Balaban J connectivity index is 1.65. The molecule has 0 aliphatic carbocycles. The fourth-order valence-electron chi connectivity index (χ4n) is 3.43. The molecule has 3 heterocycles. The van der Waals surface area contributed by atoms with E-state index in [1.807, 2.05) is 12.1 Å². The fraction of sp³-hybridized carbons (Fsp3) is 0.167. The number of nitrogens with one attached hydrogen (secondary N) is 3. The lowest BCUT2D eigenvalue weighted by molar-refractivity contribution is 0.0697. The van der Waals surface area contributed by atoms with Crippen molar-refractivity contribution < 1.29 is 14.3 Å². The Morgan fingerprint density at radius 2 is 1.92 bits per heavy atom. The van der Waals surface area contributed by atoms with Gasteiger partial charge in [-0.1, -0.05) is 23.2 Å². The predicted octanol–water partition coefficient (Wildman–Crippen LogP) is 5.17. The normalized spacial score (nSPS) is 10.8. The number of aromatic nitrogens is 3. The summed E-state index contributed by atoms with van der Waals surface area (Å²) in [6.07, 6.45) is 2.76. The molecule has 12 heteroatoms. The van der Waals surface area contributed by atoms with Gasteiger partial charge in [-0.3, -0.25) is 4.98 Å². The SMILES string of the molecule is Cc1nc(NCCN)c(NCc2ccc(-c3cc(Cl)ccc3Cl)o2)c(Nc2ccncc2C(=O)O)n1. The van der Waals surface area contributed by atoms with Gasteiger partial charge in [-0.15, -0.1) is 0 Å². The number of benzene rings is 1. The van der Waals surface area contributed by atoms with Crippen LogP contribution in [0.25, 0.3) is 11.3 Å². The lowest BCUT2D eigenvalue weighted by atomic mass is 10.2. The van der Waals surface area contributed by atoms with Crippen LogP contribution in [0.15, 0.2) is 53.2 Å². The van der Waals surface area contributed by atoms with Crippen molar-refractivity contribution in [3.05, 3.63) is 76.0 Å². The Hall–Kier alpha value is -3.86. The highest BCUT2D eigenvalue weighted by molar-refractivity contribution is 6.35. The zero-order valence-electron chi connectivity index (χ0n) is 19.2. The number of hydrogen-bond donors (Lipinski definition) is 5. The number of rotatable bonds is 10. The Morgan fingerprint density at radius 3 is 2.69 bits per heavy atom. The molecule has 0 amide bonds. The number of aryl methyl sites for hydroxylation is 1. The van der Waals surface area contributed by atoms with Gasteiger partial charge < -0.3 is 31.2 Å². The lowest BCUT2D eigenvalue weighted by Gasteiger charge is -2.18. The molecular formula is C24H23Cl2N7O3. The van der Waals surface area contributed by atoms with Crippen LogP contribution in [0.4, 0.5) is 23.0 Å². The molecule has 3 aromatic heterocycles. The van der Waals surface area contributed by atoms with Gasteiger partial charge in [0.1, 0.15) is 28.6 Å². The largest absolute Gasteiger partial charge is 0.478 e. The third kappa shape index (κ3) is 5.85. The molecule has 4 rings (SSSR count). The van der Waals surface area contributed by atoms with E-state index in [0.717, 1.165) is 0 Å². The second kappa shape index (κ2) is 11.3. The summed E-state index contributed by atoms with van der Waals surface area (Å²) in [6, 6.07) is 10.3. The molecule has 0 saturated heterocycles. The van der Waals surface area contributed by atoms with Crippen LogP contribution in [0, 0.1) is 6.92 Å². The van der Waals surface area contributed by atoms with E-state index in [4.69, 9.17) is 33.4 Å². The quantitative estimate of drug-likeness (QED) is 0.186. The minimum atomic E-state index is -1.12. The Bertz CT molecular complexity index is 1390. The smallest absolute Gasteiger partial charge is 0.339 e. The second-order valence-corrected chi connectivity index (χ2v) is 8.50. The van der Waals surface area contributed by atoms with Crippen molar-refractivity contribution in [2.24, 2.45) is 5.73 Å². The van der Waals surface area contributed by atoms with Crippen molar-refractivity contribution in [2.45, 2.75) is 13.5 Å². The summed E-state index contributed by atoms with van der Waals surface area (Å²) >= 11 is 12.4. The van der Waals surface area contributed by atoms with Gasteiger partial charge >= 0.3 is 5.97 Å². The van der Waals surface area contributed by atoms with E-state index in [0.29, 0.717) is 69.1 Å². The van der Waals surface area contributed by atoms with Gasteiger partial charge in [-0.25, -0.2) is 14.8 Å². The number of carboxylic acid groups (broad SMARTS) is 1. The second-order valence-electron chi connectivity index (χ2n) is 7.65. The predicted molar refractivity (Wildman–Crippen MR) is 140 cm³/mol. The summed E-state index contributed by atoms with van der Waals surface area (Å²) in [5.41, 5.74) is 7.21. The number of hydrogen-bond acceptors (Lipinski definition) is 9. The Morgan fingerprint density at radius 1 is 1.11 bits per heavy atom. The molecule has 0 aliphatic rings.